The second kappa shape index (κ2) is 4.68. The number of hydrogen-bond donors (Lipinski definition) is 0. The molecule has 0 aliphatic carbocycles. The van der Waals surface area contributed by atoms with Gasteiger partial charge < -0.3 is 9.64 Å². The van der Waals surface area contributed by atoms with Crippen LogP contribution in [0, 0.1) is 5.92 Å². The fraction of sp³-hybridized carbons (Fsp3) is 0.467. The minimum atomic E-state index is -0.716. The molecule has 102 valence electrons. The Hall–Kier alpha value is -1.84. The monoisotopic (exact) mass is 261 g/mol. The van der Waals surface area contributed by atoms with Gasteiger partial charge in [0.15, 0.2) is 5.92 Å². The van der Waals surface area contributed by atoms with Crippen molar-refractivity contribution in [1.82, 2.24) is 4.90 Å². The summed E-state index contributed by atoms with van der Waals surface area (Å²) < 4.78 is 5.33. The molecule has 0 spiro atoms. The normalized spacial score (nSPS) is 22.9. The van der Waals surface area contributed by atoms with Gasteiger partial charge in [-0.3, -0.25) is 9.59 Å². The van der Waals surface area contributed by atoms with E-state index >= 15 is 0 Å². The minimum absolute atomic E-state index is 0.178. The topological polar surface area (TPSA) is 46.6 Å². The number of hydrogen-bond acceptors (Lipinski definition) is 3. The molecule has 1 saturated heterocycles. The Morgan fingerprint density at radius 3 is 2.32 bits per heavy atom. The van der Waals surface area contributed by atoms with Crippen molar-refractivity contribution in [3.05, 3.63) is 35.9 Å². The molecule has 4 heteroatoms. The summed E-state index contributed by atoms with van der Waals surface area (Å²) in [6, 6.07) is 9.34. The van der Waals surface area contributed by atoms with Crippen molar-refractivity contribution in [1.29, 1.82) is 0 Å². The number of nitrogens with zero attached hydrogens (tertiary/aromatic N) is 1. The van der Waals surface area contributed by atoms with Gasteiger partial charge in [0.1, 0.15) is 5.60 Å². The van der Waals surface area contributed by atoms with Crippen molar-refractivity contribution in [2.75, 3.05) is 7.05 Å². The van der Waals surface area contributed by atoms with Crippen LogP contribution in [0.15, 0.2) is 30.3 Å². The van der Waals surface area contributed by atoms with Crippen LogP contribution >= 0.6 is 0 Å². The van der Waals surface area contributed by atoms with E-state index in [1.807, 2.05) is 30.3 Å². The first kappa shape index (κ1) is 13.6. The third kappa shape index (κ3) is 2.62. The third-order valence-corrected chi connectivity index (χ3v) is 3.15. The molecule has 1 heterocycles. The first-order chi connectivity index (χ1) is 8.81. The predicted molar refractivity (Wildman–Crippen MR) is 71.3 cm³/mol. The summed E-state index contributed by atoms with van der Waals surface area (Å²) in [5, 5.41) is 0. The molecule has 1 fully saturated rings. The minimum Gasteiger partial charge on any atom is -0.459 e. The van der Waals surface area contributed by atoms with E-state index in [0.717, 1.165) is 5.56 Å². The van der Waals surface area contributed by atoms with E-state index in [-0.39, 0.29) is 11.9 Å². The van der Waals surface area contributed by atoms with Crippen LogP contribution in [0.4, 0.5) is 0 Å². The molecule has 1 aromatic carbocycles. The predicted octanol–water partition coefficient (Wildman–Crippen LogP) is 2.16. The van der Waals surface area contributed by atoms with Gasteiger partial charge >= 0.3 is 5.97 Å². The molecule has 19 heavy (non-hydrogen) atoms. The van der Waals surface area contributed by atoms with Crippen molar-refractivity contribution in [2.45, 2.75) is 32.4 Å². The molecule has 1 aliphatic rings. The average molecular weight is 261 g/mol. The van der Waals surface area contributed by atoms with Crippen LogP contribution in [0.1, 0.15) is 32.4 Å². The van der Waals surface area contributed by atoms with E-state index in [1.54, 1.807) is 32.7 Å². The SMILES string of the molecule is CN1C(=O)[C@@H](C(=O)OC(C)(C)C)[C@@H]1c1ccccc1. The van der Waals surface area contributed by atoms with Crippen LogP contribution < -0.4 is 0 Å². The summed E-state index contributed by atoms with van der Waals surface area (Å²) in [6.45, 7) is 5.40. The van der Waals surface area contributed by atoms with Gasteiger partial charge in [0, 0.05) is 7.05 Å². The quantitative estimate of drug-likeness (QED) is 0.465. The first-order valence-corrected chi connectivity index (χ1v) is 6.36. The number of carbonyl (C=O) groups is 2. The Kier molecular flexibility index (Phi) is 3.35. The number of amides is 1. The molecule has 0 unspecified atom stereocenters. The smallest absolute Gasteiger partial charge is 0.321 e. The number of benzene rings is 1. The Balaban J connectivity index is 2.20. The summed E-state index contributed by atoms with van der Waals surface area (Å²) in [6.07, 6.45) is 0. The van der Waals surface area contributed by atoms with Crippen molar-refractivity contribution in [3.63, 3.8) is 0 Å². The maximum atomic E-state index is 12.1. The maximum absolute atomic E-state index is 12.1. The van der Waals surface area contributed by atoms with Crippen molar-refractivity contribution in [2.24, 2.45) is 5.92 Å². The Morgan fingerprint density at radius 1 is 1.21 bits per heavy atom. The highest BCUT2D eigenvalue weighted by atomic mass is 16.6. The average Bonchev–Trinajstić information content (AvgIpc) is 2.33. The van der Waals surface area contributed by atoms with Crippen LogP contribution in [0.2, 0.25) is 0 Å². The lowest BCUT2D eigenvalue weighted by Crippen LogP contribution is -2.57. The van der Waals surface area contributed by atoms with Gasteiger partial charge in [-0.25, -0.2) is 0 Å². The van der Waals surface area contributed by atoms with Gasteiger partial charge in [-0.05, 0) is 26.3 Å². The van der Waals surface area contributed by atoms with Crippen LogP contribution in [0.5, 0.6) is 0 Å². The second-order valence-electron chi connectivity index (χ2n) is 5.82. The molecule has 0 aromatic heterocycles. The molecular formula is C15H19NO3. The highest BCUT2D eigenvalue weighted by Crippen LogP contribution is 2.39. The molecule has 0 N–H and O–H groups in total. The van der Waals surface area contributed by atoms with Crippen molar-refractivity contribution >= 4 is 11.9 Å². The largest absolute Gasteiger partial charge is 0.459 e. The summed E-state index contributed by atoms with van der Waals surface area (Å²) in [5.41, 5.74) is 0.382. The summed E-state index contributed by atoms with van der Waals surface area (Å²) in [4.78, 5) is 25.6. The second-order valence-corrected chi connectivity index (χ2v) is 5.82. The maximum Gasteiger partial charge on any atom is 0.321 e. The van der Waals surface area contributed by atoms with Gasteiger partial charge in [-0.1, -0.05) is 30.3 Å². The van der Waals surface area contributed by atoms with Crippen LogP contribution in [-0.4, -0.2) is 29.4 Å². The number of esters is 1. The standard InChI is InChI=1S/C15H19NO3/c1-15(2,3)19-14(18)11-12(16(4)13(11)17)10-8-6-5-7-9-10/h5-9,11-12H,1-4H3/t11-,12-/m0/s1. The summed E-state index contributed by atoms with van der Waals surface area (Å²) >= 11 is 0. The molecule has 1 aromatic rings. The van der Waals surface area contributed by atoms with Crippen LogP contribution in [0.3, 0.4) is 0 Å². The molecule has 1 amide bonds. The van der Waals surface area contributed by atoms with Gasteiger partial charge in [-0.2, -0.15) is 0 Å². The Morgan fingerprint density at radius 2 is 1.79 bits per heavy atom. The Labute approximate surface area is 113 Å². The fourth-order valence-electron chi connectivity index (χ4n) is 2.29. The van der Waals surface area contributed by atoms with E-state index < -0.39 is 17.5 Å². The van der Waals surface area contributed by atoms with E-state index in [9.17, 15) is 9.59 Å². The zero-order valence-electron chi connectivity index (χ0n) is 11.7. The lowest BCUT2D eigenvalue weighted by atomic mass is 9.83. The van der Waals surface area contributed by atoms with Gasteiger partial charge in [-0.15, -0.1) is 0 Å². The summed E-state index contributed by atoms with van der Waals surface area (Å²) in [5.74, 6) is -1.33. The lowest BCUT2D eigenvalue weighted by Gasteiger charge is -2.44. The van der Waals surface area contributed by atoms with E-state index in [0.29, 0.717) is 0 Å². The van der Waals surface area contributed by atoms with Crippen LogP contribution in [0.25, 0.3) is 0 Å². The van der Waals surface area contributed by atoms with Gasteiger partial charge in [0.2, 0.25) is 5.91 Å². The number of likely N-dealkylation sites (tertiary alicyclic amines) is 1. The highest BCUT2D eigenvalue weighted by molar-refractivity contribution is 6.03. The third-order valence-electron chi connectivity index (χ3n) is 3.15. The molecule has 2 rings (SSSR count). The van der Waals surface area contributed by atoms with Crippen molar-refractivity contribution < 1.29 is 14.3 Å². The van der Waals surface area contributed by atoms with Gasteiger partial charge in [0.25, 0.3) is 0 Å². The summed E-state index contributed by atoms with van der Waals surface area (Å²) in [7, 11) is 1.71. The zero-order chi connectivity index (χ0) is 14.2. The molecule has 0 saturated carbocycles. The molecule has 0 bridgehead atoms. The first-order valence-electron chi connectivity index (χ1n) is 6.36. The molecule has 1 aliphatic heterocycles. The molecular weight excluding hydrogens is 242 g/mol. The zero-order valence-corrected chi connectivity index (χ0v) is 11.7. The Bertz CT molecular complexity index is 490. The molecule has 0 radical (unpaired) electrons. The van der Waals surface area contributed by atoms with Crippen LogP contribution in [-0.2, 0) is 14.3 Å². The van der Waals surface area contributed by atoms with Gasteiger partial charge in [0.05, 0.1) is 6.04 Å². The van der Waals surface area contributed by atoms with E-state index in [2.05, 4.69) is 0 Å². The number of β-lactam (4-membered cyclic amide) rings is 1. The lowest BCUT2D eigenvalue weighted by molar-refractivity contribution is -0.178. The molecule has 4 nitrogen and oxygen atoms in total. The fourth-order valence-corrected chi connectivity index (χ4v) is 2.29. The van der Waals surface area contributed by atoms with E-state index in [1.165, 1.54) is 0 Å². The number of ether oxygens (including phenoxy) is 1. The molecule has 2 atom stereocenters. The van der Waals surface area contributed by atoms with E-state index in [4.69, 9.17) is 4.74 Å². The number of carbonyl (C=O) groups excluding carboxylic acids is 2. The number of rotatable bonds is 2. The van der Waals surface area contributed by atoms with Crippen molar-refractivity contribution in [3.8, 4) is 0 Å². The highest BCUT2D eigenvalue weighted by Gasteiger charge is 2.51.